The highest BCUT2D eigenvalue weighted by atomic mass is 79.9. The standard InChI is InChI=1S/C18H10F3N3O2S2.C17H9BrF2N4O2S2.C14H12FN3O2S2.C12H17F/c19-9-5-13(20)12(14(21)6-9)7-27-18-23-16-15(28-8-22-16)17(26)24(18)10-1-3-11(25)4-2-10;18-9-2-1-8(11(19)3-9)6-27-17-23-14-13(28-7-22-14)16(26)24(17)10-4-12(20)15(25)21-5-10;1-7-4-8(2-3-9(15)11(7)19)18-10(5-21)17-13-12(14(18)20)22-6-16-13;1-3-4-11-6-8-12(13)7-5-10(2)9-11/h1-6,8,25H,7H2;1-5,7H,6H2,(H,21,25);3-4,6,19,21H,2,5H2,1H3;6-9,11H,3-5H2,1-2H3/b;;;8-6-,10-9?,12-7+. The Hall–Kier alpha value is -8.00. The molecule has 16 nitrogen and oxygen atoms in total. The molecule has 12 rings (SSSR count). The summed E-state index contributed by atoms with van der Waals surface area (Å²) < 4.78 is 101. The fraction of sp³-hybridized carbons (Fsp3) is 0.180. The first-order chi connectivity index (χ1) is 43.6. The van der Waals surface area contributed by atoms with Crippen LogP contribution in [-0.2, 0) is 17.3 Å². The largest absolute Gasteiger partial charge is 0.508 e. The van der Waals surface area contributed by atoms with Crippen LogP contribution in [0.1, 0.15) is 63.4 Å². The smallest absolute Gasteiger partial charge is 0.284 e. The third-order valence-corrected chi connectivity index (χ3v) is 18.4. The number of aromatic amines is 1. The molecule has 91 heavy (non-hydrogen) atoms. The van der Waals surface area contributed by atoms with Crippen LogP contribution in [0.15, 0.2) is 182 Å². The molecule has 1 atom stereocenters. The number of H-pyrrole nitrogens is 1. The van der Waals surface area contributed by atoms with Gasteiger partial charge in [-0.05, 0) is 104 Å². The van der Waals surface area contributed by atoms with E-state index < -0.39 is 51.8 Å². The van der Waals surface area contributed by atoms with Crippen molar-refractivity contribution in [1.29, 1.82) is 0 Å². The number of hydrogen-bond donors (Lipinski definition) is 4. The number of fused-ring (bicyclic) bond motifs is 3. The number of hydrogen-bond acceptors (Lipinski definition) is 18. The average Bonchev–Trinajstić information content (AvgIpc) is 1.80. The number of pyridine rings is 1. The summed E-state index contributed by atoms with van der Waals surface area (Å²) in [6.07, 6.45) is 14.6. The lowest BCUT2D eigenvalue weighted by Gasteiger charge is -2.12. The number of phenols is 1. The number of aromatic hydroxyl groups is 1. The minimum Gasteiger partial charge on any atom is -0.508 e. The Morgan fingerprint density at radius 3 is 1.86 bits per heavy atom. The molecule has 10 aromatic rings. The Kier molecular flexibility index (Phi) is 22.5. The van der Waals surface area contributed by atoms with E-state index in [-0.39, 0.29) is 79.2 Å². The van der Waals surface area contributed by atoms with Gasteiger partial charge in [0.2, 0.25) is 0 Å². The minimum absolute atomic E-state index is 0.0216. The van der Waals surface area contributed by atoms with Crippen LogP contribution in [0.3, 0.4) is 0 Å². The van der Waals surface area contributed by atoms with Crippen molar-refractivity contribution >= 4 is 123 Å². The molecular weight excluding hydrogens is 1370 g/mol. The van der Waals surface area contributed by atoms with E-state index in [9.17, 15) is 60.1 Å². The van der Waals surface area contributed by atoms with E-state index in [2.05, 4.69) is 83.4 Å². The monoisotopic (exact) mass is 1420 g/mol. The third kappa shape index (κ3) is 16.2. The van der Waals surface area contributed by atoms with Gasteiger partial charge in [0.1, 0.15) is 54.8 Å². The first-order valence-corrected chi connectivity index (χ1v) is 33.0. The van der Waals surface area contributed by atoms with E-state index in [0.717, 1.165) is 71.5 Å². The molecule has 3 aromatic carbocycles. The Labute approximate surface area is 545 Å². The molecule has 0 spiro atoms. The first-order valence-electron chi connectivity index (χ1n) is 27.0. The minimum atomic E-state index is -1.02. The number of halogens is 8. The highest BCUT2D eigenvalue weighted by Gasteiger charge is 2.22. The molecule has 7 heterocycles. The van der Waals surface area contributed by atoms with Crippen molar-refractivity contribution in [2.75, 3.05) is 0 Å². The van der Waals surface area contributed by atoms with Crippen LogP contribution in [0.5, 0.6) is 5.75 Å². The molecule has 0 fully saturated rings. The number of benzene rings is 3. The molecule has 0 bridgehead atoms. The summed E-state index contributed by atoms with van der Waals surface area (Å²) in [7, 11) is 0. The zero-order valence-electron chi connectivity index (χ0n) is 47.6. The molecule has 0 amide bonds. The zero-order chi connectivity index (χ0) is 65.2. The zero-order valence-corrected chi connectivity index (χ0v) is 54.2. The van der Waals surface area contributed by atoms with Gasteiger partial charge in [-0.3, -0.25) is 32.9 Å². The summed E-state index contributed by atoms with van der Waals surface area (Å²) in [5.74, 6) is -4.59. The molecular formula is C61H48BrF7N10O6S6. The first kappa shape index (κ1) is 67.4. The second-order valence-electron chi connectivity index (χ2n) is 19.7. The number of nitrogens with zero attached hydrogens (tertiary/aromatic N) is 9. The van der Waals surface area contributed by atoms with Gasteiger partial charge in [0.15, 0.2) is 44.7 Å². The summed E-state index contributed by atoms with van der Waals surface area (Å²) in [5.41, 5.74) is 6.20. The van der Waals surface area contributed by atoms with Crippen molar-refractivity contribution in [2.24, 2.45) is 5.92 Å². The molecule has 7 aromatic heterocycles. The van der Waals surface area contributed by atoms with Gasteiger partial charge in [-0.15, -0.1) is 34.0 Å². The molecule has 0 saturated heterocycles. The predicted octanol–water partition coefficient (Wildman–Crippen LogP) is 15.5. The lowest BCUT2D eigenvalue weighted by atomic mass is 9.97. The maximum absolute atomic E-state index is 14.1. The van der Waals surface area contributed by atoms with Gasteiger partial charge in [0, 0.05) is 63.8 Å². The highest BCUT2D eigenvalue weighted by Crippen LogP contribution is 2.31. The van der Waals surface area contributed by atoms with Crippen molar-refractivity contribution in [3.05, 3.63) is 240 Å². The average molecular weight is 1420 g/mol. The Morgan fingerprint density at radius 1 is 0.692 bits per heavy atom. The number of thioether (sulfide) groups is 2. The fourth-order valence-electron chi connectivity index (χ4n) is 8.86. The molecule has 0 saturated carbocycles. The quantitative estimate of drug-likeness (QED) is 0.0294. The number of allylic oxidation sites excluding steroid dienone is 11. The van der Waals surface area contributed by atoms with Gasteiger partial charge >= 0.3 is 0 Å². The van der Waals surface area contributed by atoms with Gasteiger partial charge in [0.25, 0.3) is 22.2 Å². The second-order valence-corrected chi connectivity index (χ2v) is 25.3. The summed E-state index contributed by atoms with van der Waals surface area (Å²) in [6.45, 7) is 5.80. The fourth-order valence-corrected chi connectivity index (χ4v) is 13.4. The Balaban J connectivity index is 0.000000148. The van der Waals surface area contributed by atoms with Crippen LogP contribution in [0.4, 0.5) is 30.7 Å². The molecule has 470 valence electrons. The van der Waals surface area contributed by atoms with Crippen LogP contribution in [0, 0.1) is 35.0 Å². The molecule has 2 aliphatic rings. The lowest BCUT2D eigenvalue weighted by Crippen LogP contribution is -2.23. The van der Waals surface area contributed by atoms with Crippen molar-refractivity contribution in [1.82, 2.24) is 48.6 Å². The Bertz CT molecular complexity index is 4820. The molecule has 0 aliphatic heterocycles. The number of aliphatic hydroxyl groups is 1. The number of rotatable bonds is 12. The molecule has 0 radical (unpaired) electrons. The number of aliphatic hydroxyl groups excluding tert-OH is 1. The van der Waals surface area contributed by atoms with Crippen LogP contribution in [0.2, 0.25) is 0 Å². The van der Waals surface area contributed by atoms with E-state index in [0.29, 0.717) is 70.6 Å². The van der Waals surface area contributed by atoms with Crippen molar-refractivity contribution in [2.45, 2.75) is 74.0 Å². The van der Waals surface area contributed by atoms with E-state index in [1.54, 1.807) is 42.8 Å². The van der Waals surface area contributed by atoms with E-state index in [1.165, 1.54) is 84.2 Å². The van der Waals surface area contributed by atoms with Crippen LogP contribution >= 0.6 is 86.1 Å². The van der Waals surface area contributed by atoms with Gasteiger partial charge < -0.3 is 15.2 Å². The van der Waals surface area contributed by atoms with Crippen LogP contribution in [0.25, 0.3) is 48.1 Å². The van der Waals surface area contributed by atoms with Gasteiger partial charge in [-0.25, -0.2) is 60.6 Å². The molecule has 2 aliphatic carbocycles. The number of aromatic nitrogens is 10. The number of thiazole rings is 3. The van der Waals surface area contributed by atoms with E-state index >= 15 is 0 Å². The summed E-state index contributed by atoms with van der Waals surface area (Å²) in [6, 6.07) is 12.7. The van der Waals surface area contributed by atoms with Crippen molar-refractivity contribution < 1.29 is 40.9 Å². The predicted molar refractivity (Wildman–Crippen MR) is 351 cm³/mol. The molecule has 3 N–H and O–H groups in total. The SMILES string of the molecule is CC1=C(O)C(F)=CCC(n2c(CS)nc3ncsc3c2=O)=C1.CCCC1C=C(C)C/C=C(F)\C=C/1.O=c1[nH]cc(-n2c(SCc3ccc(Br)cc3F)nc3ncsc3c2=O)cc1F.O=c1c2scnc2nc(SCc2c(F)cc(F)cc2F)n1-c1ccc(O)cc1. The highest BCUT2D eigenvalue weighted by molar-refractivity contribution is 9.10. The van der Waals surface area contributed by atoms with Crippen molar-refractivity contribution in [3.63, 3.8) is 0 Å². The number of thiol groups is 1. The second kappa shape index (κ2) is 30.4. The number of nitrogens with one attached hydrogen (secondary N) is 1. The summed E-state index contributed by atoms with van der Waals surface area (Å²) in [4.78, 5) is 77.2. The maximum atomic E-state index is 14.1. The van der Waals surface area contributed by atoms with E-state index in [4.69, 9.17) is 0 Å². The number of phenolic OH excluding ortho intramolecular Hbond substituents is 1. The normalized spacial score (nSPS) is 15.0. The van der Waals surface area contributed by atoms with Gasteiger partial charge in [-0.2, -0.15) is 12.6 Å². The van der Waals surface area contributed by atoms with Crippen LogP contribution < -0.4 is 22.2 Å². The van der Waals surface area contributed by atoms with Gasteiger partial charge in [0.05, 0.1) is 27.9 Å². The van der Waals surface area contributed by atoms with Crippen LogP contribution in [-0.4, -0.2) is 58.8 Å². The van der Waals surface area contributed by atoms with Crippen molar-refractivity contribution in [3.8, 4) is 17.1 Å². The summed E-state index contributed by atoms with van der Waals surface area (Å²) >= 11 is 12.9. The molecule has 30 heteroatoms. The topological polar surface area (TPSA) is 217 Å². The summed E-state index contributed by atoms with van der Waals surface area (Å²) in [5, 5.41) is 19.5. The molecule has 1 unspecified atom stereocenters. The maximum Gasteiger partial charge on any atom is 0.284 e. The lowest BCUT2D eigenvalue weighted by molar-refractivity contribution is 0.384. The Morgan fingerprint density at radius 2 is 1.27 bits per heavy atom. The van der Waals surface area contributed by atoms with E-state index in [1.807, 2.05) is 6.08 Å². The van der Waals surface area contributed by atoms with Gasteiger partial charge in [-0.1, -0.05) is 76.6 Å². The third-order valence-electron chi connectivity index (χ3n) is 13.3.